The first-order valence-electron chi connectivity index (χ1n) is 7.27. The molecule has 1 N–H and O–H groups in total. The lowest BCUT2D eigenvalue weighted by molar-refractivity contribution is 0.405. The number of rotatable bonds is 10. The maximum absolute atomic E-state index is 5.35. The summed E-state index contributed by atoms with van der Waals surface area (Å²) in [6.07, 6.45) is 5.04. The molecule has 0 aromatic heterocycles. The van der Waals surface area contributed by atoms with Crippen LogP contribution in [-0.4, -0.2) is 25.4 Å². The lowest BCUT2D eigenvalue weighted by Crippen LogP contribution is -2.26. The molecule has 0 aliphatic carbocycles. The molecule has 1 rings (SSSR count). The van der Waals surface area contributed by atoms with Crippen molar-refractivity contribution in [2.24, 2.45) is 0 Å². The lowest BCUT2D eigenvalue weighted by atomic mass is 10.1. The summed E-state index contributed by atoms with van der Waals surface area (Å²) in [5.74, 6) is 2.16. The van der Waals surface area contributed by atoms with E-state index in [4.69, 9.17) is 4.74 Å². The van der Waals surface area contributed by atoms with Gasteiger partial charge in [-0.2, -0.15) is 0 Å². The number of unbranched alkanes of at least 4 members (excludes halogenated alkanes) is 1. The fourth-order valence-corrected chi connectivity index (χ4v) is 3.00. The van der Waals surface area contributed by atoms with Gasteiger partial charge in [0.1, 0.15) is 5.75 Å². The van der Waals surface area contributed by atoms with E-state index in [2.05, 4.69) is 31.3 Å². The van der Waals surface area contributed by atoms with Gasteiger partial charge >= 0.3 is 0 Å². The summed E-state index contributed by atoms with van der Waals surface area (Å²) in [6.45, 7) is 5.63. The predicted molar refractivity (Wildman–Crippen MR) is 85.3 cm³/mol. The molecule has 0 fully saturated rings. The average Bonchev–Trinajstić information content (AvgIpc) is 2.45. The van der Waals surface area contributed by atoms with Gasteiger partial charge in [-0.05, 0) is 50.6 Å². The Balaban J connectivity index is 2.13. The quantitative estimate of drug-likeness (QED) is 0.509. The first-order chi connectivity index (χ1) is 9.27. The summed E-state index contributed by atoms with van der Waals surface area (Å²) >= 11 is 1.90. The van der Waals surface area contributed by atoms with E-state index >= 15 is 0 Å². The van der Waals surface area contributed by atoms with E-state index in [9.17, 15) is 0 Å². The molecule has 1 atom stereocenters. The highest BCUT2D eigenvalue weighted by Crippen LogP contribution is 2.29. The van der Waals surface area contributed by atoms with Crippen molar-refractivity contribution in [1.82, 2.24) is 5.32 Å². The first-order valence-corrected chi connectivity index (χ1v) is 8.25. The van der Waals surface area contributed by atoms with E-state index in [1.807, 2.05) is 23.9 Å². The van der Waals surface area contributed by atoms with E-state index in [0.29, 0.717) is 6.04 Å². The molecule has 0 aliphatic heterocycles. The van der Waals surface area contributed by atoms with Crippen molar-refractivity contribution in [3.05, 3.63) is 24.3 Å². The number of methoxy groups -OCH3 is 1. The smallest absolute Gasteiger partial charge is 0.132 e. The van der Waals surface area contributed by atoms with E-state index in [1.54, 1.807) is 7.11 Å². The topological polar surface area (TPSA) is 21.3 Å². The Labute approximate surface area is 122 Å². The lowest BCUT2D eigenvalue weighted by Gasteiger charge is -2.12. The first kappa shape index (κ1) is 16.4. The van der Waals surface area contributed by atoms with Gasteiger partial charge in [-0.15, -0.1) is 11.8 Å². The van der Waals surface area contributed by atoms with Crippen LogP contribution in [0.25, 0.3) is 0 Å². The zero-order valence-electron chi connectivity index (χ0n) is 12.4. The van der Waals surface area contributed by atoms with Crippen LogP contribution in [0.3, 0.4) is 0 Å². The Bertz CT molecular complexity index is 343. The van der Waals surface area contributed by atoms with E-state index < -0.39 is 0 Å². The Morgan fingerprint density at radius 1 is 1.26 bits per heavy atom. The molecule has 1 aromatic rings. The third-order valence-corrected chi connectivity index (χ3v) is 4.24. The highest BCUT2D eigenvalue weighted by atomic mass is 32.2. The minimum atomic E-state index is 0.649. The van der Waals surface area contributed by atoms with Gasteiger partial charge in [-0.25, -0.2) is 0 Å². The molecule has 108 valence electrons. The fourth-order valence-electron chi connectivity index (χ4n) is 1.97. The molecule has 0 saturated carbocycles. The molecule has 3 heteroatoms. The monoisotopic (exact) mass is 281 g/mol. The molecule has 1 aromatic carbocycles. The maximum atomic E-state index is 5.35. The van der Waals surface area contributed by atoms with E-state index in [1.165, 1.54) is 36.3 Å². The van der Waals surface area contributed by atoms with Crippen molar-refractivity contribution in [3.63, 3.8) is 0 Å². The summed E-state index contributed by atoms with van der Waals surface area (Å²) in [5, 5.41) is 3.53. The molecule has 19 heavy (non-hydrogen) atoms. The van der Waals surface area contributed by atoms with Crippen molar-refractivity contribution in [2.45, 2.75) is 50.5 Å². The summed E-state index contributed by atoms with van der Waals surface area (Å²) in [7, 11) is 1.74. The molecule has 0 amide bonds. The minimum Gasteiger partial charge on any atom is -0.496 e. The van der Waals surface area contributed by atoms with Gasteiger partial charge in [0, 0.05) is 10.9 Å². The molecule has 0 aliphatic rings. The number of ether oxygens (including phenoxy) is 1. The van der Waals surface area contributed by atoms with Crippen LogP contribution >= 0.6 is 11.8 Å². The van der Waals surface area contributed by atoms with Gasteiger partial charge in [0.2, 0.25) is 0 Å². The zero-order valence-corrected chi connectivity index (χ0v) is 13.3. The number of hydrogen-bond acceptors (Lipinski definition) is 3. The van der Waals surface area contributed by atoms with Crippen molar-refractivity contribution in [1.29, 1.82) is 0 Å². The van der Waals surface area contributed by atoms with Crippen molar-refractivity contribution >= 4 is 11.8 Å². The number of thioether (sulfide) groups is 1. The van der Waals surface area contributed by atoms with Crippen molar-refractivity contribution < 1.29 is 4.74 Å². The third kappa shape index (κ3) is 6.88. The molecular weight excluding hydrogens is 254 g/mol. The molecule has 1 unspecified atom stereocenters. The van der Waals surface area contributed by atoms with Crippen LogP contribution in [0.15, 0.2) is 29.2 Å². The molecule has 2 nitrogen and oxygen atoms in total. The molecular formula is C16H27NOS. The van der Waals surface area contributed by atoms with Crippen molar-refractivity contribution in [2.75, 3.05) is 19.4 Å². The zero-order chi connectivity index (χ0) is 13.9. The van der Waals surface area contributed by atoms with Crippen LogP contribution < -0.4 is 10.1 Å². The Morgan fingerprint density at radius 2 is 2.05 bits per heavy atom. The minimum absolute atomic E-state index is 0.649. The molecule has 0 spiro atoms. The Hall–Kier alpha value is -0.670. The van der Waals surface area contributed by atoms with E-state index in [0.717, 1.165) is 12.3 Å². The second-order valence-electron chi connectivity index (χ2n) is 4.85. The number of para-hydroxylation sites is 1. The van der Waals surface area contributed by atoms with Gasteiger partial charge in [0.25, 0.3) is 0 Å². The van der Waals surface area contributed by atoms with Crippen LogP contribution in [0, 0.1) is 0 Å². The fraction of sp³-hybridized carbons (Fsp3) is 0.625. The highest BCUT2D eigenvalue weighted by molar-refractivity contribution is 7.99. The highest BCUT2D eigenvalue weighted by Gasteiger charge is 2.03. The largest absolute Gasteiger partial charge is 0.496 e. The SMILES string of the molecule is CCCNC(C)CCCCSc1ccccc1OC. The Kier molecular flexibility index (Phi) is 8.76. The Morgan fingerprint density at radius 3 is 2.79 bits per heavy atom. The van der Waals surface area contributed by atoms with Gasteiger partial charge in [0.05, 0.1) is 7.11 Å². The van der Waals surface area contributed by atoms with Crippen LogP contribution in [0.2, 0.25) is 0 Å². The predicted octanol–water partition coefficient (Wildman–Crippen LogP) is 4.35. The summed E-state index contributed by atoms with van der Waals surface area (Å²) < 4.78 is 5.35. The van der Waals surface area contributed by atoms with Gasteiger partial charge in [-0.1, -0.05) is 25.5 Å². The summed E-state index contributed by atoms with van der Waals surface area (Å²) in [6, 6.07) is 8.90. The molecule has 0 saturated heterocycles. The van der Waals surface area contributed by atoms with Crippen LogP contribution in [0.1, 0.15) is 39.5 Å². The van der Waals surface area contributed by atoms with Gasteiger partial charge < -0.3 is 10.1 Å². The summed E-state index contributed by atoms with van der Waals surface area (Å²) in [5.41, 5.74) is 0. The third-order valence-electron chi connectivity index (χ3n) is 3.10. The normalized spacial score (nSPS) is 12.4. The summed E-state index contributed by atoms with van der Waals surface area (Å²) in [4.78, 5) is 1.25. The standard InChI is InChI=1S/C16H27NOS/c1-4-12-17-14(2)9-7-8-13-19-16-11-6-5-10-15(16)18-3/h5-6,10-11,14,17H,4,7-9,12-13H2,1-3H3. The molecule has 0 bridgehead atoms. The van der Waals surface area contributed by atoms with Crippen LogP contribution in [0.5, 0.6) is 5.75 Å². The molecule has 0 radical (unpaired) electrons. The van der Waals surface area contributed by atoms with Crippen LogP contribution in [0.4, 0.5) is 0 Å². The van der Waals surface area contributed by atoms with Crippen molar-refractivity contribution in [3.8, 4) is 5.75 Å². The van der Waals surface area contributed by atoms with Gasteiger partial charge in [-0.3, -0.25) is 0 Å². The second kappa shape index (κ2) is 10.2. The number of benzene rings is 1. The molecule has 0 heterocycles. The number of nitrogens with one attached hydrogen (secondary N) is 1. The number of hydrogen-bond donors (Lipinski definition) is 1. The second-order valence-corrected chi connectivity index (χ2v) is 5.99. The van der Waals surface area contributed by atoms with Crippen LogP contribution in [-0.2, 0) is 0 Å². The van der Waals surface area contributed by atoms with E-state index in [-0.39, 0.29) is 0 Å². The average molecular weight is 281 g/mol. The maximum Gasteiger partial charge on any atom is 0.132 e. The van der Waals surface area contributed by atoms with Gasteiger partial charge in [0.15, 0.2) is 0 Å².